The van der Waals surface area contributed by atoms with E-state index < -0.39 is 0 Å². The lowest BCUT2D eigenvalue weighted by molar-refractivity contribution is -0.123. The van der Waals surface area contributed by atoms with Gasteiger partial charge in [-0.05, 0) is 30.9 Å². The van der Waals surface area contributed by atoms with E-state index in [0.29, 0.717) is 13.2 Å². The van der Waals surface area contributed by atoms with Crippen molar-refractivity contribution in [3.05, 3.63) is 29.8 Å². The lowest BCUT2D eigenvalue weighted by atomic mass is 10.0. The van der Waals surface area contributed by atoms with Crippen LogP contribution in [0.2, 0.25) is 0 Å². The molecule has 0 saturated heterocycles. The van der Waals surface area contributed by atoms with Crippen molar-refractivity contribution in [2.45, 2.75) is 25.7 Å². The number of aryl methyl sites for hydroxylation is 1. The fourth-order valence-electron chi connectivity index (χ4n) is 2.51. The summed E-state index contributed by atoms with van der Waals surface area (Å²) in [6, 6.07) is 8.19. The highest BCUT2D eigenvalue weighted by atomic mass is 16.5. The molecule has 4 nitrogen and oxygen atoms in total. The van der Waals surface area contributed by atoms with Gasteiger partial charge in [0.05, 0.1) is 13.2 Å². The summed E-state index contributed by atoms with van der Waals surface area (Å²) in [6.07, 6.45) is 4.47. The van der Waals surface area contributed by atoms with E-state index in [2.05, 4.69) is 6.07 Å². The molecule has 0 radical (unpaired) electrons. The van der Waals surface area contributed by atoms with Gasteiger partial charge < -0.3 is 14.4 Å². The molecule has 0 spiro atoms. The number of methoxy groups -OCH3 is 1. The number of para-hydroxylation sites is 1. The van der Waals surface area contributed by atoms with E-state index in [9.17, 15) is 4.79 Å². The molecule has 1 amide bonds. The molecule has 0 N–H and O–H groups in total. The van der Waals surface area contributed by atoms with Crippen molar-refractivity contribution < 1.29 is 14.3 Å². The molecule has 1 aliphatic heterocycles. The summed E-state index contributed by atoms with van der Waals surface area (Å²) in [7, 11) is 1.62. The van der Waals surface area contributed by atoms with Gasteiger partial charge in [-0.25, -0.2) is 0 Å². The first-order chi connectivity index (χ1) is 9.83. The van der Waals surface area contributed by atoms with Crippen LogP contribution in [0, 0.1) is 0 Å². The molecular formula is C16H23NO3. The molecule has 1 aliphatic rings. The Kier molecular flexibility index (Phi) is 6.02. The highest BCUT2D eigenvalue weighted by Crippen LogP contribution is 2.25. The van der Waals surface area contributed by atoms with Crippen LogP contribution in [0.4, 0.5) is 5.69 Å². The summed E-state index contributed by atoms with van der Waals surface area (Å²) in [5, 5.41) is 0. The standard InChI is InChI=1S/C16H23NO3/c1-19-11-12-20-13-16(18)17-10-6-2-3-7-14-8-4-5-9-15(14)17/h4-5,8-9H,2-3,6-7,10-13H2,1H3. The summed E-state index contributed by atoms with van der Waals surface area (Å²) in [6.45, 7) is 1.88. The van der Waals surface area contributed by atoms with Gasteiger partial charge in [0.2, 0.25) is 0 Å². The Morgan fingerprint density at radius 1 is 1.20 bits per heavy atom. The normalized spacial score (nSPS) is 15.3. The quantitative estimate of drug-likeness (QED) is 0.776. The number of carbonyl (C=O) groups excluding carboxylic acids is 1. The number of amides is 1. The van der Waals surface area contributed by atoms with Gasteiger partial charge in [0.15, 0.2) is 0 Å². The monoisotopic (exact) mass is 277 g/mol. The van der Waals surface area contributed by atoms with Crippen molar-refractivity contribution in [3.8, 4) is 0 Å². The van der Waals surface area contributed by atoms with Gasteiger partial charge >= 0.3 is 0 Å². The van der Waals surface area contributed by atoms with Crippen molar-refractivity contribution in [2.75, 3.05) is 38.4 Å². The molecule has 0 aliphatic carbocycles. The van der Waals surface area contributed by atoms with Crippen LogP contribution >= 0.6 is 0 Å². The third-order valence-corrected chi connectivity index (χ3v) is 3.57. The predicted molar refractivity (Wildman–Crippen MR) is 79.0 cm³/mol. The molecule has 0 saturated carbocycles. The van der Waals surface area contributed by atoms with Gasteiger partial charge in [0.1, 0.15) is 6.61 Å². The smallest absolute Gasteiger partial charge is 0.252 e. The zero-order valence-corrected chi connectivity index (χ0v) is 12.1. The summed E-state index contributed by atoms with van der Waals surface area (Å²) < 4.78 is 10.3. The maximum Gasteiger partial charge on any atom is 0.252 e. The van der Waals surface area contributed by atoms with Gasteiger partial charge in [-0.15, -0.1) is 0 Å². The zero-order valence-electron chi connectivity index (χ0n) is 12.1. The summed E-state index contributed by atoms with van der Waals surface area (Å²) >= 11 is 0. The van der Waals surface area contributed by atoms with Crippen LogP contribution in [-0.4, -0.2) is 39.4 Å². The molecule has 0 unspecified atom stereocenters. The van der Waals surface area contributed by atoms with Crippen LogP contribution in [-0.2, 0) is 20.7 Å². The molecule has 0 bridgehead atoms. The number of rotatable bonds is 5. The minimum absolute atomic E-state index is 0.0375. The maximum absolute atomic E-state index is 12.3. The number of fused-ring (bicyclic) bond motifs is 1. The Morgan fingerprint density at radius 3 is 2.90 bits per heavy atom. The lowest BCUT2D eigenvalue weighted by Gasteiger charge is -2.27. The minimum Gasteiger partial charge on any atom is -0.382 e. The van der Waals surface area contributed by atoms with E-state index in [0.717, 1.165) is 25.1 Å². The summed E-state index contributed by atoms with van der Waals surface area (Å²) in [5.74, 6) is 0.0375. The Hall–Kier alpha value is -1.39. The maximum atomic E-state index is 12.3. The van der Waals surface area contributed by atoms with Gasteiger partial charge in [-0.2, -0.15) is 0 Å². The van der Waals surface area contributed by atoms with Crippen molar-refractivity contribution >= 4 is 11.6 Å². The average Bonchev–Trinajstić information content (AvgIpc) is 2.44. The first kappa shape index (κ1) is 15.0. The van der Waals surface area contributed by atoms with Crippen LogP contribution in [0.25, 0.3) is 0 Å². The van der Waals surface area contributed by atoms with E-state index in [4.69, 9.17) is 9.47 Å². The molecular weight excluding hydrogens is 254 g/mol. The SMILES string of the molecule is COCCOCC(=O)N1CCCCCc2ccccc21. The lowest BCUT2D eigenvalue weighted by Crippen LogP contribution is -2.36. The number of benzene rings is 1. The van der Waals surface area contributed by atoms with Crippen LogP contribution in [0.1, 0.15) is 24.8 Å². The Morgan fingerprint density at radius 2 is 2.05 bits per heavy atom. The molecule has 2 rings (SSSR count). The molecule has 4 heteroatoms. The largest absolute Gasteiger partial charge is 0.382 e. The molecule has 0 aromatic heterocycles. The fraction of sp³-hybridized carbons (Fsp3) is 0.562. The second kappa shape index (κ2) is 8.02. The summed E-state index contributed by atoms with van der Waals surface area (Å²) in [4.78, 5) is 14.2. The van der Waals surface area contributed by atoms with Crippen molar-refractivity contribution in [1.29, 1.82) is 0 Å². The number of nitrogens with zero attached hydrogens (tertiary/aromatic N) is 1. The first-order valence-corrected chi connectivity index (χ1v) is 7.28. The number of hydrogen-bond acceptors (Lipinski definition) is 3. The van der Waals surface area contributed by atoms with Crippen molar-refractivity contribution in [1.82, 2.24) is 0 Å². The number of ether oxygens (including phenoxy) is 2. The molecule has 1 heterocycles. The Bertz CT molecular complexity index is 433. The first-order valence-electron chi connectivity index (χ1n) is 7.28. The Labute approximate surface area is 120 Å². The van der Waals surface area contributed by atoms with Crippen LogP contribution in [0.15, 0.2) is 24.3 Å². The van der Waals surface area contributed by atoms with E-state index in [-0.39, 0.29) is 12.5 Å². The molecule has 110 valence electrons. The highest BCUT2D eigenvalue weighted by Gasteiger charge is 2.19. The van der Waals surface area contributed by atoms with Crippen molar-refractivity contribution in [2.24, 2.45) is 0 Å². The molecule has 1 aromatic carbocycles. The second-order valence-corrected chi connectivity index (χ2v) is 5.03. The third-order valence-electron chi connectivity index (χ3n) is 3.57. The van der Waals surface area contributed by atoms with E-state index >= 15 is 0 Å². The minimum atomic E-state index is 0.0375. The molecule has 0 fully saturated rings. The molecule has 0 atom stereocenters. The van der Waals surface area contributed by atoms with E-state index in [1.54, 1.807) is 7.11 Å². The number of hydrogen-bond donors (Lipinski definition) is 0. The third kappa shape index (κ3) is 4.05. The number of carbonyl (C=O) groups is 1. The predicted octanol–water partition coefficient (Wildman–Crippen LogP) is 2.41. The molecule has 1 aromatic rings. The van der Waals surface area contributed by atoms with E-state index in [1.807, 2.05) is 23.1 Å². The van der Waals surface area contributed by atoms with Crippen LogP contribution < -0.4 is 4.90 Å². The van der Waals surface area contributed by atoms with Gasteiger partial charge in [0.25, 0.3) is 5.91 Å². The second-order valence-electron chi connectivity index (χ2n) is 5.03. The average molecular weight is 277 g/mol. The van der Waals surface area contributed by atoms with Gasteiger partial charge in [0, 0.05) is 19.3 Å². The summed E-state index contributed by atoms with van der Waals surface area (Å²) in [5.41, 5.74) is 2.31. The fourth-order valence-corrected chi connectivity index (χ4v) is 2.51. The van der Waals surface area contributed by atoms with E-state index in [1.165, 1.54) is 18.4 Å². The molecule has 20 heavy (non-hydrogen) atoms. The van der Waals surface area contributed by atoms with Crippen molar-refractivity contribution in [3.63, 3.8) is 0 Å². The number of anilines is 1. The Balaban J connectivity index is 2.03. The van der Waals surface area contributed by atoms with Crippen LogP contribution in [0.5, 0.6) is 0 Å². The highest BCUT2D eigenvalue weighted by molar-refractivity contribution is 5.95. The van der Waals surface area contributed by atoms with Crippen LogP contribution in [0.3, 0.4) is 0 Å². The van der Waals surface area contributed by atoms with Gasteiger partial charge in [-0.1, -0.05) is 24.6 Å². The topological polar surface area (TPSA) is 38.8 Å². The zero-order chi connectivity index (χ0) is 14.2. The van der Waals surface area contributed by atoms with Gasteiger partial charge in [-0.3, -0.25) is 4.79 Å².